The third kappa shape index (κ3) is 3.35. The normalized spacial score (nSPS) is 29.0. The largest absolute Gasteiger partial charge is 0.350 e. The number of carbonyl (C=O) groups excluding carboxylic acids is 1. The Morgan fingerprint density at radius 1 is 1.29 bits per heavy atom. The van der Waals surface area contributed by atoms with Crippen LogP contribution < -0.4 is 5.32 Å². The van der Waals surface area contributed by atoms with Crippen LogP contribution in [0.3, 0.4) is 0 Å². The molecule has 4 heterocycles. The number of nitrogens with one attached hydrogen (secondary N) is 1. The smallest absolute Gasteiger partial charge is 0.260 e. The molecule has 3 saturated heterocycles. The first-order valence-corrected chi connectivity index (χ1v) is 11.8. The second-order valence-corrected chi connectivity index (χ2v) is 10.5. The average Bonchev–Trinajstić information content (AvgIpc) is 3.22. The lowest BCUT2D eigenvalue weighted by atomic mass is 9.76. The molecule has 3 aliphatic heterocycles. The highest BCUT2D eigenvalue weighted by atomic mass is 32.2. The molecular weight excluding hydrogens is 376 g/mol. The molecule has 4 rings (SSSR count). The lowest BCUT2D eigenvalue weighted by Gasteiger charge is -2.42. The SMILES string of the molecule is CC[C@@H](C)CN1C[C@H]2C(=O)NC3(CCN(S(=O)(=O)c4ccccn4)CC3)[C@H]2C1. The van der Waals surface area contributed by atoms with Crippen LogP contribution in [-0.2, 0) is 14.8 Å². The summed E-state index contributed by atoms with van der Waals surface area (Å²) in [5.74, 6) is 1.10. The molecule has 28 heavy (non-hydrogen) atoms. The van der Waals surface area contributed by atoms with E-state index in [4.69, 9.17) is 0 Å². The molecule has 0 radical (unpaired) electrons. The molecule has 3 fully saturated rings. The van der Waals surface area contributed by atoms with E-state index in [1.165, 1.54) is 16.6 Å². The number of hydrogen-bond acceptors (Lipinski definition) is 5. The number of piperidine rings is 1. The number of aromatic nitrogens is 1. The Balaban J connectivity index is 1.46. The summed E-state index contributed by atoms with van der Waals surface area (Å²) in [7, 11) is -3.57. The molecule has 1 aromatic rings. The van der Waals surface area contributed by atoms with Crippen LogP contribution in [0.2, 0.25) is 0 Å². The summed E-state index contributed by atoms with van der Waals surface area (Å²) >= 11 is 0. The Labute approximate surface area is 167 Å². The van der Waals surface area contributed by atoms with Gasteiger partial charge in [0.15, 0.2) is 5.03 Å². The maximum absolute atomic E-state index is 12.9. The van der Waals surface area contributed by atoms with Gasteiger partial charge in [0.1, 0.15) is 0 Å². The van der Waals surface area contributed by atoms with E-state index in [0.29, 0.717) is 31.8 Å². The minimum absolute atomic E-state index is 0.0444. The van der Waals surface area contributed by atoms with E-state index in [1.54, 1.807) is 12.1 Å². The van der Waals surface area contributed by atoms with Crippen molar-refractivity contribution in [1.82, 2.24) is 19.5 Å². The third-order valence-electron chi connectivity index (χ3n) is 6.94. The van der Waals surface area contributed by atoms with E-state index in [9.17, 15) is 13.2 Å². The van der Waals surface area contributed by atoms with Crippen LogP contribution in [0.5, 0.6) is 0 Å². The predicted octanol–water partition coefficient (Wildman–Crippen LogP) is 1.33. The summed E-state index contributed by atoms with van der Waals surface area (Å²) in [6.07, 6.45) is 3.99. The van der Waals surface area contributed by atoms with Gasteiger partial charge in [-0.3, -0.25) is 4.79 Å². The number of sulfonamides is 1. The van der Waals surface area contributed by atoms with Crippen molar-refractivity contribution in [2.24, 2.45) is 17.8 Å². The number of hydrogen-bond donors (Lipinski definition) is 1. The molecule has 0 aliphatic carbocycles. The monoisotopic (exact) mass is 406 g/mol. The number of nitrogens with zero attached hydrogens (tertiary/aromatic N) is 3. The lowest BCUT2D eigenvalue weighted by Crippen LogP contribution is -2.56. The Bertz CT molecular complexity index is 821. The van der Waals surface area contributed by atoms with Crippen molar-refractivity contribution >= 4 is 15.9 Å². The zero-order chi connectivity index (χ0) is 19.9. The first kappa shape index (κ1) is 19.8. The zero-order valence-electron chi connectivity index (χ0n) is 16.7. The zero-order valence-corrected chi connectivity index (χ0v) is 17.5. The van der Waals surface area contributed by atoms with Crippen molar-refractivity contribution in [3.63, 3.8) is 0 Å². The van der Waals surface area contributed by atoms with E-state index < -0.39 is 10.0 Å². The Morgan fingerprint density at radius 3 is 2.68 bits per heavy atom. The van der Waals surface area contributed by atoms with Crippen LogP contribution in [0, 0.1) is 17.8 Å². The summed E-state index contributed by atoms with van der Waals surface area (Å²) in [5, 5.41) is 3.37. The van der Waals surface area contributed by atoms with Gasteiger partial charge in [-0.1, -0.05) is 26.3 Å². The minimum atomic E-state index is -3.57. The second kappa shape index (κ2) is 7.39. The number of pyridine rings is 1. The summed E-state index contributed by atoms with van der Waals surface area (Å²) in [5.41, 5.74) is -0.262. The van der Waals surface area contributed by atoms with Crippen LogP contribution in [-0.4, -0.2) is 66.8 Å². The highest BCUT2D eigenvalue weighted by molar-refractivity contribution is 7.89. The highest BCUT2D eigenvalue weighted by Crippen LogP contribution is 2.44. The molecule has 1 aromatic heterocycles. The van der Waals surface area contributed by atoms with E-state index in [0.717, 1.165) is 26.1 Å². The number of fused-ring (bicyclic) bond motifs is 2. The van der Waals surface area contributed by atoms with Gasteiger partial charge in [0.2, 0.25) is 5.91 Å². The van der Waals surface area contributed by atoms with Gasteiger partial charge in [-0.15, -0.1) is 0 Å². The molecular formula is C20H30N4O3S. The van der Waals surface area contributed by atoms with Gasteiger partial charge in [0, 0.05) is 50.4 Å². The van der Waals surface area contributed by atoms with Gasteiger partial charge in [0.25, 0.3) is 10.0 Å². The molecule has 7 nitrogen and oxygen atoms in total. The number of rotatable bonds is 5. The molecule has 3 atom stereocenters. The molecule has 1 spiro atoms. The minimum Gasteiger partial charge on any atom is -0.350 e. The first-order valence-electron chi connectivity index (χ1n) is 10.3. The van der Waals surface area contributed by atoms with Gasteiger partial charge in [-0.05, 0) is 30.9 Å². The third-order valence-corrected chi connectivity index (χ3v) is 8.75. The topological polar surface area (TPSA) is 82.6 Å². The van der Waals surface area contributed by atoms with E-state index >= 15 is 0 Å². The molecule has 0 bridgehead atoms. The maximum atomic E-state index is 12.9. The summed E-state index contributed by atoms with van der Waals surface area (Å²) < 4.78 is 27.2. The Morgan fingerprint density at radius 2 is 2.04 bits per heavy atom. The molecule has 1 N–H and O–H groups in total. The average molecular weight is 407 g/mol. The molecule has 3 aliphatic rings. The van der Waals surface area contributed by atoms with E-state index in [1.807, 2.05) is 0 Å². The molecule has 8 heteroatoms. The fourth-order valence-corrected chi connectivity index (χ4v) is 6.49. The Kier molecular flexibility index (Phi) is 5.22. The van der Waals surface area contributed by atoms with Crippen molar-refractivity contribution in [1.29, 1.82) is 0 Å². The number of carbonyl (C=O) groups is 1. The predicted molar refractivity (Wildman–Crippen MR) is 106 cm³/mol. The van der Waals surface area contributed by atoms with Crippen LogP contribution >= 0.6 is 0 Å². The fraction of sp³-hybridized carbons (Fsp3) is 0.700. The molecule has 0 unspecified atom stereocenters. The van der Waals surface area contributed by atoms with Gasteiger partial charge in [-0.25, -0.2) is 13.4 Å². The van der Waals surface area contributed by atoms with Crippen LogP contribution in [0.15, 0.2) is 29.4 Å². The van der Waals surface area contributed by atoms with Crippen LogP contribution in [0.1, 0.15) is 33.1 Å². The fourth-order valence-electron chi connectivity index (χ4n) is 5.11. The summed E-state index contributed by atoms with van der Waals surface area (Å²) in [6.45, 7) is 8.10. The van der Waals surface area contributed by atoms with Crippen molar-refractivity contribution in [2.45, 2.75) is 43.7 Å². The summed E-state index contributed by atoms with van der Waals surface area (Å²) in [6, 6.07) is 4.94. The Hall–Kier alpha value is -1.51. The number of likely N-dealkylation sites (tertiary alicyclic amines) is 1. The number of amides is 1. The van der Waals surface area contributed by atoms with Crippen LogP contribution in [0.4, 0.5) is 0 Å². The summed E-state index contributed by atoms with van der Waals surface area (Å²) in [4.78, 5) is 19.1. The quantitative estimate of drug-likeness (QED) is 0.798. The van der Waals surface area contributed by atoms with Crippen molar-refractivity contribution in [3.05, 3.63) is 24.4 Å². The molecule has 0 saturated carbocycles. The van der Waals surface area contributed by atoms with E-state index in [-0.39, 0.29) is 28.3 Å². The van der Waals surface area contributed by atoms with Crippen molar-refractivity contribution in [3.8, 4) is 0 Å². The second-order valence-electron chi connectivity index (χ2n) is 8.66. The van der Waals surface area contributed by atoms with Crippen molar-refractivity contribution < 1.29 is 13.2 Å². The van der Waals surface area contributed by atoms with E-state index in [2.05, 4.69) is 29.0 Å². The maximum Gasteiger partial charge on any atom is 0.260 e. The molecule has 0 aromatic carbocycles. The first-order chi connectivity index (χ1) is 13.4. The van der Waals surface area contributed by atoms with Gasteiger partial charge >= 0.3 is 0 Å². The standard InChI is InChI=1S/C20H30N4O3S/c1-3-15(2)12-23-13-16-17(14-23)20(22-19(16)25)7-10-24(11-8-20)28(26,27)18-6-4-5-9-21-18/h4-6,9,15-17H,3,7-8,10-14H2,1-2H3,(H,22,25)/t15-,16-,17+/m1/s1. The van der Waals surface area contributed by atoms with Gasteiger partial charge < -0.3 is 10.2 Å². The van der Waals surface area contributed by atoms with Gasteiger partial charge in [-0.2, -0.15) is 4.31 Å². The lowest BCUT2D eigenvalue weighted by molar-refractivity contribution is -0.123. The molecule has 1 amide bonds. The van der Waals surface area contributed by atoms with Gasteiger partial charge in [0.05, 0.1) is 5.92 Å². The van der Waals surface area contributed by atoms with Crippen LogP contribution in [0.25, 0.3) is 0 Å². The molecule has 154 valence electrons. The van der Waals surface area contributed by atoms with Crippen molar-refractivity contribution in [2.75, 3.05) is 32.7 Å². The highest BCUT2D eigenvalue weighted by Gasteiger charge is 2.57.